The van der Waals surface area contributed by atoms with Gasteiger partial charge in [-0.15, -0.1) is 0 Å². The summed E-state index contributed by atoms with van der Waals surface area (Å²) in [5, 5.41) is 3.04. The van der Waals surface area contributed by atoms with Crippen molar-refractivity contribution in [3.8, 4) is 0 Å². The summed E-state index contributed by atoms with van der Waals surface area (Å²) in [5.74, 6) is -0.201. The molecule has 0 aliphatic carbocycles. The molecule has 0 atom stereocenters. The molecular weight excluding hydrogens is 192 g/mol. The predicted octanol–water partition coefficient (Wildman–Crippen LogP) is 1.16. The van der Waals surface area contributed by atoms with Gasteiger partial charge < -0.3 is 14.6 Å². The number of hydrogen-bond donors (Lipinski definition) is 1. The van der Waals surface area contributed by atoms with E-state index >= 15 is 0 Å². The van der Waals surface area contributed by atoms with E-state index < -0.39 is 0 Å². The third-order valence-electron chi connectivity index (χ3n) is 2.08. The number of esters is 1. The van der Waals surface area contributed by atoms with Crippen molar-refractivity contribution < 1.29 is 9.53 Å². The Balaban J connectivity index is 2.22. The first-order valence-electron chi connectivity index (χ1n) is 5.27. The zero-order chi connectivity index (χ0) is 11.1. The highest BCUT2D eigenvalue weighted by atomic mass is 16.5. The van der Waals surface area contributed by atoms with Gasteiger partial charge in [-0.1, -0.05) is 0 Å². The molecule has 0 aliphatic heterocycles. The van der Waals surface area contributed by atoms with E-state index in [-0.39, 0.29) is 12.5 Å². The number of hydrogen-bond acceptors (Lipinski definition) is 3. The summed E-state index contributed by atoms with van der Waals surface area (Å²) in [6, 6.07) is 2.04. The van der Waals surface area contributed by atoms with Gasteiger partial charge in [-0.05, 0) is 25.5 Å². The van der Waals surface area contributed by atoms with Gasteiger partial charge in [0.2, 0.25) is 0 Å². The van der Waals surface area contributed by atoms with Crippen LogP contribution in [0.5, 0.6) is 0 Å². The van der Waals surface area contributed by atoms with Gasteiger partial charge in [-0.3, -0.25) is 4.79 Å². The Morgan fingerprint density at radius 2 is 2.33 bits per heavy atom. The molecule has 1 N–H and O–H groups in total. The number of carbonyl (C=O) groups is 1. The van der Waals surface area contributed by atoms with E-state index in [1.165, 1.54) is 5.56 Å². The maximum absolute atomic E-state index is 11.0. The lowest BCUT2D eigenvalue weighted by atomic mass is 10.3. The molecule has 15 heavy (non-hydrogen) atoms. The molecule has 0 amide bonds. The molecule has 0 unspecified atom stereocenters. The third-order valence-corrected chi connectivity index (χ3v) is 2.08. The van der Waals surface area contributed by atoms with Gasteiger partial charge in [0.25, 0.3) is 0 Å². The molecule has 0 aromatic carbocycles. The van der Waals surface area contributed by atoms with Crippen LogP contribution in [0.25, 0.3) is 0 Å². The van der Waals surface area contributed by atoms with Crippen LogP contribution >= 0.6 is 0 Å². The summed E-state index contributed by atoms with van der Waals surface area (Å²) < 4.78 is 6.90. The number of nitrogens with one attached hydrogen (secondary N) is 1. The summed E-state index contributed by atoms with van der Waals surface area (Å²) in [4.78, 5) is 11.0. The molecule has 0 spiro atoms. The van der Waals surface area contributed by atoms with Crippen molar-refractivity contribution in [3.05, 3.63) is 24.0 Å². The van der Waals surface area contributed by atoms with Crippen molar-refractivity contribution in [1.29, 1.82) is 0 Å². The lowest BCUT2D eigenvalue weighted by Crippen LogP contribution is -2.24. The molecule has 1 aromatic rings. The minimum atomic E-state index is -0.201. The quantitative estimate of drug-likeness (QED) is 0.716. The SMILES string of the molecule is CCOC(=O)CNCc1ccn(CC)c1. The van der Waals surface area contributed by atoms with Gasteiger partial charge >= 0.3 is 5.97 Å². The molecule has 0 aliphatic rings. The van der Waals surface area contributed by atoms with Crippen molar-refractivity contribution in [2.45, 2.75) is 26.9 Å². The lowest BCUT2D eigenvalue weighted by molar-refractivity contribution is -0.142. The van der Waals surface area contributed by atoms with Crippen LogP contribution in [0.2, 0.25) is 0 Å². The van der Waals surface area contributed by atoms with Crippen molar-refractivity contribution >= 4 is 5.97 Å². The Hall–Kier alpha value is -1.29. The summed E-state index contributed by atoms with van der Waals surface area (Å²) in [6.07, 6.45) is 4.10. The van der Waals surface area contributed by atoms with E-state index in [4.69, 9.17) is 4.74 Å². The molecule has 84 valence electrons. The average molecular weight is 210 g/mol. The van der Waals surface area contributed by atoms with Crippen LogP contribution in [-0.4, -0.2) is 23.7 Å². The maximum atomic E-state index is 11.0. The molecule has 0 saturated carbocycles. The van der Waals surface area contributed by atoms with Gasteiger partial charge in [-0.2, -0.15) is 0 Å². The summed E-state index contributed by atoms with van der Waals surface area (Å²) >= 11 is 0. The fraction of sp³-hybridized carbons (Fsp3) is 0.545. The first kappa shape index (κ1) is 11.8. The van der Waals surface area contributed by atoms with Crippen molar-refractivity contribution in [2.24, 2.45) is 0 Å². The van der Waals surface area contributed by atoms with Crippen molar-refractivity contribution in [3.63, 3.8) is 0 Å². The molecule has 1 heterocycles. The highest BCUT2D eigenvalue weighted by Gasteiger charge is 2.01. The first-order valence-corrected chi connectivity index (χ1v) is 5.27. The fourth-order valence-electron chi connectivity index (χ4n) is 1.31. The van der Waals surface area contributed by atoms with Crippen LogP contribution in [0.3, 0.4) is 0 Å². The smallest absolute Gasteiger partial charge is 0.319 e. The second-order valence-corrected chi connectivity index (χ2v) is 3.26. The van der Waals surface area contributed by atoms with Crippen LogP contribution in [0.1, 0.15) is 19.4 Å². The van der Waals surface area contributed by atoms with Gasteiger partial charge in [0.1, 0.15) is 0 Å². The zero-order valence-electron chi connectivity index (χ0n) is 9.32. The lowest BCUT2D eigenvalue weighted by Gasteiger charge is -2.02. The molecule has 4 heteroatoms. The predicted molar refractivity (Wildman–Crippen MR) is 58.4 cm³/mol. The van der Waals surface area contributed by atoms with Crippen LogP contribution in [0, 0.1) is 0 Å². The summed E-state index contributed by atoms with van der Waals surface area (Å²) in [6.45, 7) is 6.27. The highest BCUT2D eigenvalue weighted by Crippen LogP contribution is 2.00. The average Bonchev–Trinajstić information content (AvgIpc) is 2.66. The number of ether oxygens (including phenoxy) is 1. The Labute approximate surface area is 90.2 Å². The second kappa shape index (κ2) is 6.24. The van der Waals surface area contributed by atoms with Crippen LogP contribution in [-0.2, 0) is 22.6 Å². The number of aryl methyl sites for hydroxylation is 1. The second-order valence-electron chi connectivity index (χ2n) is 3.26. The number of nitrogens with zero attached hydrogens (tertiary/aromatic N) is 1. The maximum Gasteiger partial charge on any atom is 0.319 e. The summed E-state index contributed by atoms with van der Waals surface area (Å²) in [5.41, 5.74) is 1.18. The van der Waals surface area contributed by atoms with Crippen molar-refractivity contribution in [1.82, 2.24) is 9.88 Å². The molecule has 0 bridgehead atoms. The number of carbonyl (C=O) groups excluding carboxylic acids is 1. The molecule has 0 fully saturated rings. The zero-order valence-corrected chi connectivity index (χ0v) is 9.32. The van der Waals surface area contributed by atoms with Gasteiger partial charge in [0.15, 0.2) is 0 Å². The molecule has 1 rings (SSSR count). The molecular formula is C11H18N2O2. The van der Waals surface area contributed by atoms with Gasteiger partial charge in [-0.25, -0.2) is 0 Å². The largest absolute Gasteiger partial charge is 0.465 e. The molecule has 0 saturated heterocycles. The van der Waals surface area contributed by atoms with E-state index in [9.17, 15) is 4.79 Å². The minimum Gasteiger partial charge on any atom is -0.465 e. The number of aromatic nitrogens is 1. The van der Waals surface area contributed by atoms with Crippen LogP contribution in [0.4, 0.5) is 0 Å². The van der Waals surface area contributed by atoms with Crippen LogP contribution < -0.4 is 5.32 Å². The van der Waals surface area contributed by atoms with Gasteiger partial charge in [0.05, 0.1) is 13.2 Å². The highest BCUT2D eigenvalue weighted by molar-refractivity contribution is 5.71. The normalized spacial score (nSPS) is 10.3. The minimum absolute atomic E-state index is 0.201. The van der Waals surface area contributed by atoms with Crippen LogP contribution in [0.15, 0.2) is 18.5 Å². The standard InChI is InChI=1S/C11H18N2O2/c1-3-13-6-5-10(9-13)7-12-8-11(14)15-4-2/h5-6,9,12H,3-4,7-8H2,1-2H3. The Morgan fingerprint density at radius 1 is 1.53 bits per heavy atom. The Morgan fingerprint density at radius 3 is 2.93 bits per heavy atom. The summed E-state index contributed by atoms with van der Waals surface area (Å²) in [7, 11) is 0. The third kappa shape index (κ3) is 4.16. The Bertz CT molecular complexity index is 307. The van der Waals surface area contributed by atoms with E-state index in [0.717, 1.165) is 6.54 Å². The fourth-order valence-corrected chi connectivity index (χ4v) is 1.31. The molecule has 0 radical (unpaired) electrons. The monoisotopic (exact) mass is 210 g/mol. The van der Waals surface area contributed by atoms with E-state index in [2.05, 4.69) is 23.0 Å². The van der Waals surface area contributed by atoms with Gasteiger partial charge in [0, 0.05) is 25.5 Å². The van der Waals surface area contributed by atoms with E-state index in [1.807, 2.05) is 12.3 Å². The first-order chi connectivity index (χ1) is 7.26. The Kier molecular flexibility index (Phi) is 4.90. The molecule has 4 nitrogen and oxygen atoms in total. The molecule has 1 aromatic heterocycles. The van der Waals surface area contributed by atoms with E-state index in [1.54, 1.807) is 6.92 Å². The van der Waals surface area contributed by atoms with Crippen molar-refractivity contribution in [2.75, 3.05) is 13.2 Å². The number of rotatable bonds is 6. The topological polar surface area (TPSA) is 43.3 Å². The van der Waals surface area contributed by atoms with E-state index in [0.29, 0.717) is 13.2 Å².